The van der Waals surface area contributed by atoms with Gasteiger partial charge in [-0.1, -0.05) is 125 Å². The minimum Gasteiger partial charge on any atom is -1.00 e. The molecule has 0 amide bonds. The largest absolute Gasteiger partial charge is 1.00 e. The normalized spacial score (nSPS) is 17.2. The van der Waals surface area contributed by atoms with Crippen molar-refractivity contribution >= 4 is 36.2 Å². The van der Waals surface area contributed by atoms with Gasteiger partial charge < -0.3 is 12.4 Å². The maximum Gasteiger partial charge on any atom is 1.00 e. The van der Waals surface area contributed by atoms with Crippen molar-refractivity contribution in [2.24, 2.45) is 17.8 Å². The van der Waals surface area contributed by atoms with Gasteiger partial charge in [-0.25, -0.2) is 0 Å². The molecule has 0 saturated heterocycles. The standard InChI is InChI=1S/C18H15P.C10H20.2ClH.Ru/c1-4-10-16(11-5-1)19(17-12-6-2-7-13-17)18-14-8-3-9-15-18;1-8(2)10-6-4-9(3)5-7-10;;;/h1-15H;8-10H,4-7H2,1-3H3;2*1H;/q;;;;+1/p-1. The van der Waals surface area contributed by atoms with Gasteiger partial charge in [-0.05, 0) is 54.4 Å². The Kier molecular flexibility index (Phi) is 16.5. The average molecular weight is 576 g/mol. The Morgan fingerprint density at radius 2 is 0.938 bits per heavy atom. The van der Waals surface area contributed by atoms with Crippen molar-refractivity contribution in [2.45, 2.75) is 46.5 Å². The zero-order chi connectivity index (χ0) is 20.5. The van der Waals surface area contributed by atoms with Crippen LogP contribution in [0.4, 0.5) is 0 Å². The SMILES string of the molecule is CC1CCC(C(C)C)CC1.Cl.[Cl-].[Ru+].c1ccc(P(c2ccccc2)c2ccccc2)cc1. The second-order valence-corrected chi connectivity index (χ2v) is 10.8. The fourth-order valence-electron chi connectivity index (χ4n) is 4.13. The van der Waals surface area contributed by atoms with Crippen molar-refractivity contribution in [3.05, 3.63) is 91.0 Å². The molecule has 0 bridgehead atoms. The molecule has 175 valence electrons. The molecule has 0 N–H and O–H groups in total. The van der Waals surface area contributed by atoms with Crippen molar-refractivity contribution in [1.82, 2.24) is 0 Å². The van der Waals surface area contributed by atoms with Crippen LogP contribution in [0.2, 0.25) is 0 Å². The van der Waals surface area contributed by atoms with Gasteiger partial charge in [0.2, 0.25) is 0 Å². The molecule has 3 aromatic rings. The van der Waals surface area contributed by atoms with Crippen molar-refractivity contribution in [2.75, 3.05) is 0 Å². The third-order valence-electron chi connectivity index (χ3n) is 6.05. The van der Waals surface area contributed by atoms with Crippen LogP contribution in [-0.2, 0) is 19.5 Å². The molecule has 0 nitrogen and oxygen atoms in total. The number of hydrogen-bond donors (Lipinski definition) is 0. The Morgan fingerprint density at radius 1 is 0.625 bits per heavy atom. The van der Waals surface area contributed by atoms with Gasteiger partial charge in [0.25, 0.3) is 0 Å². The number of halogens is 2. The van der Waals surface area contributed by atoms with Crippen LogP contribution in [0.15, 0.2) is 91.0 Å². The average Bonchev–Trinajstić information content (AvgIpc) is 2.77. The molecular weight excluding hydrogens is 539 g/mol. The summed E-state index contributed by atoms with van der Waals surface area (Å²) in [7, 11) is -0.446. The first-order valence-electron chi connectivity index (χ1n) is 11.1. The Balaban J connectivity index is 0.000000642. The first kappa shape index (κ1) is 31.3. The van der Waals surface area contributed by atoms with Gasteiger partial charge in [0, 0.05) is 0 Å². The van der Waals surface area contributed by atoms with Gasteiger partial charge >= 0.3 is 19.5 Å². The predicted octanol–water partition coefficient (Wildman–Crippen LogP) is 4.34. The van der Waals surface area contributed by atoms with Gasteiger partial charge in [-0.15, -0.1) is 12.4 Å². The third-order valence-corrected chi connectivity index (χ3v) is 8.49. The van der Waals surface area contributed by atoms with Gasteiger partial charge in [0.05, 0.1) is 0 Å². The summed E-state index contributed by atoms with van der Waals surface area (Å²) in [6, 6.07) is 32.3. The molecule has 1 fully saturated rings. The van der Waals surface area contributed by atoms with Crippen LogP contribution in [0.3, 0.4) is 0 Å². The summed E-state index contributed by atoms with van der Waals surface area (Å²) in [5, 5.41) is 4.19. The molecule has 0 aliphatic heterocycles. The van der Waals surface area contributed by atoms with Gasteiger partial charge in [0.1, 0.15) is 0 Å². The van der Waals surface area contributed by atoms with Crippen molar-refractivity contribution < 1.29 is 31.9 Å². The molecule has 4 heteroatoms. The van der Waals surface area contributed by atoms with E-state index in [1.165, 1.54) is 41.6 Å². The van der Waals surface area contributed by atoms with E-state index in [0.29, 0.717) is 0 Å². The monoisotopic (exact) mass is 575 g/mol. The summed E-state index contributed by atoms with van der Waals surface area (Å²) < 4.78 is 0. The van der Waals surface area contributed by atoms with E-state index in [9.17, 15) is 0 Å². The Labute approximate surface area is 222 Å². The number of hydrogen-bond acceptors (Lipinski definition) is 0. The molecule has 32 heavy (non-hydrogen) atoms. The summed E-state index contributed by atoms with van der Waals surface area (Å²) in [5.74, 6) is 2.97. The van der Waals surface area contributed by atoms with Crippen LogP contribution in [-0.4, -0.2) is 0 Å². The molecule has 4 rings (SSSR count). The number of rotatable bonds is 4. The molecule has 0 spiro atoms. The van der Waals surface area contributed by atoms with Crippen LogP contribution >= 0.6 is 20.3 Å². The van der Waals surface area contributed by atoms with E-state index in [2.05, 4.69) is 112 Å². The van der Waals surface area contributed by atoms with Crippen molar-refractivity contribution in [3.63, 3.8) is 0 Å². The molecule has 0 heterocycles. The summed E-state index contributed by atoms with van der Waals surface area (Å²) in [6.07, 6.45) is 5.92. The molecule has 0 unspecified atom stereocenters. The van der Waals surface area contributed by atoms with Crippen LogP contribution < -0.4 is 28.3 Å². The fraction of sp³-hybridized carbons (Fsp3) is 0.357. The minimum absolute atomic E-state index is 0. The molecule has 0 atom stereocenters. The summed E-state index contributed by atoms with van der Waals surface area (Å²) in [5.41, 5.74) is 0. The second-order valence-electron chi connectivity index (χ2n) is 8.61. The number of benzene rings is 3. The van der Waals surface area contributed by atoms with Gasteiger partial charge in [0.15, 0.2) is 0 Å². The Morgan fingerprint density at radius 3 is 1.22 bits per heavy atom. The molecule has 1 radical (unpaired) electrons. The van der Waals surface area contributed by atoms with Gasteiger partial charge in [-0.3, -0.25) is 0 Å². The van der Waals surface area contributed by atoms with E-state index in [1.54, 1.807) is 0 Å². The molecule has 1 aliphatic carbocycles. The molecule has 0 aromatic heterocycles. The van der Waals surface area contributed by atoms with E-state index in [4.69, 9.17) is 0 Å². The van der Waals surface area contributed by atoms with Crippen LogP contribution in [0.1, 0.15) is 46.5 Å². The zero-order valence-corrected chi connectivity index (χ0v) is 23.5. The second kappa shape index (κ2) is 16.8. The molecule has 3 aromatic carbocycles. The molecule has 1 saturated carbocycles. The predicted molar refractivity (Wildman–Crippen MR) is 138 cm³/mol. The topological polar surface area (TPSA) is 0 Å². The maximum absolute atomic E-state index is 2.39. The van der Waals surface area contributed by atoms with Crippen molar-refractivity contribution in [1.29, 1.82) is 0 Å². The first-order valence-corrected chi connectivity index (χ1v) is 12.4. The quantitative estimate of drug-likeness (QED) is 0.321. The van der Waals surface area contributed by atoms with E-state index in [1.807, 2.05) is 0 Å². The molecule has 1 aliphatic rings. The summed E-state index contributed by atoms with van der Waals surface area (Å²) in [4.78, 5) is 0. The van der Waals surface area contributed by atoms with E-state index in [0.717, 1.165) is 17.8 Å². The van der Waals surface area contributed by atoms with Crippen LogP contribution in [0.5, 0.6) is 0 Å². The first-order chi connectivity index (χ1) is 14.1. The smallest absolute Gasteiger partial charge is 1.00 e. The summed E-state index contributed by atoms with van der Waals surface area (Å²) >= 11 is 0. The minimum atomic E-state index is -0.446. The molecular formula is C28H36Cl2PRu. The fourth-order valence-corrected chi connectivity index (χ4v) is 6.44. The van der Waals surface area contributed by atoms with Crippen molar-refractivity contribution in [3.8, 4) is 0 Å². The third kappa shape index (κ3) is 9.65. The zero-order valence-electron chi connectivity index (χ0n) is 19.3. The maximum atomic E-state index is 2.39. The van der Waals surface area contributed by atoms with Crippen LogP contribution in [0, 0.1) is 17.8 Å². The van der Waals surface area contributed by atoms with Gasteiger partial charge in [-0.2, -0.15) is 0 Å². The summed E-state index contributed by atoms with van der Waals surface area (Å²) in [6.45, 7) is 7.11. The Hall–Kier alpha value is -0.707. The Bertz CT molecular complexity index is 726. The van der Waals surface area contributed by atoms with E-state index < -0.39 is 7.92 Å². The van der Waals surface area contributed by atoms with Crippen LogP contribution in [0.25, 0.3) is 0 Å². The van der Waals surface area contributed by atoms with E-state index in [-0.39, 0.29) is 44.3 Å². The van der Waals surface area contributed by atoms with E-state index >= 15 is 0 Å².